The van der Waals surface area contributed by atoms with Crippen molar-refractivity contribution in [2.45, 2.75) is 24.0 Å². The van der Waals surface area contributed by atoms with Gasteiger partial charge in [0.2, 0.25) is 11.8 Å². The smallest absolute Gasteiger partial charge is 0.227 e. The van der Waals surface area contributed by atoms with Crippen LogP contribution >= 0.6 is 23.1 Å². The number of primary amides is 1. The lowest BCUT2D eigenvalue weighted by molar-refractivity contribution is -0.116. The van der Waals surface area contributed by atoms with Gasteiger partial charge in [-0.1, -0.05) is 23.5 Å². The molecule has 0 unspecified atom stereocenters. The van der Waals surface area contributed by atoms with Gasteiger partial charge in [-0.2, -0.15) is 0 Å². The van der Waals surface area contributed by atoms with Crippen LogP contribution in [0.1, 0.15) is 18.5 Å². The highest BCUT2D eigenvalue weighted by atomic mass is 32.2. The molecule has 1 heterocycles. The van der Waals surface area contributed by atoms with Gasteiger partial charge in [-0.15, -0.1) is 11.8 Å². The number of para-hydroxylation sites is 1. The van der Waals surface area contributed by atoms with E-state index >= 15 is 0 Å². The molecule has 0 bridgehead atoms. The van der Waals surface area contributed by atoms with E-state index in [0.717, 1.165) is 9.90 Å². The van der Waals surface area contributed by atoms with Crippen molar-refractivity contribution in [1.82, 2.24) is 4.98 Å². The average Bonchev–Trinajstić information content (AvgIpc) is 2.90. The van der Waals surface area contributed by atoms with Crippen molar-refractivity contribution in [2.75, 3.05) is 17.7 Å². The molecule has 9 heteroatoms. The number of nitrogens with one attached hydrogen (secondary N) is 1. The van der Waals surface area contributed by atoms with Gasteiger partial charge in [0.25, 0.3) is 0 Å². The van der Waals surface area contributed by atoms with Crippen LogP contribution in [0.2, 0.25) is 0 Å². The van der Waals surface area contributed by atoms with Gasteiger partial charge in [0.1, 0.15) is 0 Å². The number of thioether (sulfide) groups is 1. The van der Waals surface area contributed by atoms with Crippen LogP contribution in [0, 0.1) is 12.7 Å². The molecule has 134 valence electrons. The number of hydrogen-bond donors (Lipinski definition) is 2. The van der Waals surface area contributed by atoms with E-state index in [0.29, 0.717) is 11.6 Å². The normalized spacial score (nSPS) is 10.5. The summed E-state index contributed by atoms with van der Waals surface area (Å²) >= 11 is 2.60. The number of ether oxygens (including phenoxy) is 1. The maximum atomic E-state index is 13.4. The first-order valence-electron chi connectivity index (χ1n) is 7.51. The lowest BCUT2D eigenvalue weighted by atomic mass is 10.3. The number of thiazole rings is 1. The van der Waals surface area contributed by atoms with Crippen LogP contribution in [0.25, 0.3) is 0 Å². The molecule has 0 spiro atoms. The SMILES string of the molecule is Cc1nc(NC(=O)CCCOc2ccccc2F)sc1SCC(N)=O. The van der Waals surface area contributed by atoms with Crippen LogP contribution in [-0.2, 0) is 9.59 Å². The maximum Gasteiger partial charge on any atom is 0.227 e. The van der Waals surface area contributed by atoms with Gasteiger partial charge in [0, 0.05) is 6.42 Å². The molecule has 25 heavy (non-hydrogen) atoms. The Morgan fingerprint density at radius 2 is 2.16 bits per heavy atom. The number of anilines is 1. The van der Waals surface area contributed by atoms with Crippen LogP contribution < -0.4 is 15.8 Å². The highest BCUT2D eigenvalue weighted by Gasteiger charge is 2.12. The van der Waals surface area contributed by atoms with E-state index in [-0.39, 0.29) is 30.4 Å². The van der Waals surface area contributed by atoms with Gasteiger partial charge >= 0.3 is 0 Å². The number of aryl methyl sites for hydroxylation is 1. The molecule has 3 N–H and O–H groups in total. The van der Waals surface area contributed by atoms with E-state index in [1.807, 2.05) is 0 Å². The molecule has 0 saturated carbocycles. The van der Waals surface area contributed by atoms with Crippen LogP contribution in [0.5, 0.6) is 5.75 Å². The van der Waals surface area contributed by atoms with Crippen molar-refractivity contribution in [3.05, 3.63) is 35.8 Å². The third kappa shape index (κ3) is 6.35. The Hall–Kier alpha value is -2.13. The van der Waals surface area contributed by atoms with Crippen LogP contribution in [0.4, 0.5) is 9.52 Å². The standard InChI is InChI=1S/C16H18FN3O3S2/c1-10-15(24-9-13(18)21)25-16(19-10)20-14(22)7-4-8-23-12-6-3-2-5-11(12)17/h2-3,5-6H,4,7-9H2,1H3,(H2,18,21)(H,19,20,22). The Kier molecular flexibility index (Phi) is 7.20. The minimum atomic E-state index is -0.425. The predicted octanol–water partition coefficient (Wildman–Crippen LogP) is 2.97. The Morgan fingerprint density at radius 3 is 2.88 bits per heavy atom. The van der Waals surface area contributed by atoms with Crippen molar-refractivity contribution in [2.24, 2.45) is 5.73 Å². The molecular formula is C16H18FN3O3S2. The van der Waals surface area contributed by atoms with E-state index in [4.69, 9.17) is 10.5 Å². The number of rotatable bonds is 9. The largest absolute Gasteiger partial charge is 0.491 e. The fourth-order valence-electron chi connectivity index (χ4n) is 1.86. The molecule has 6 nitrogen and oxygen atoms in total. The van der Waals surface area contributed by atoms with E-state index in [9.17, 15) is 14.0 Å². The Labute approximate surface area is 153 Å². The summed E-state index contributed by atoms with van der Waals surface area (Å²) in [5.74, 6) is -0.680. The number of aromatic nitrogens is 1. The van der Waals surface area contributed by atoms with Gasteiger partial charge in [-0.3, -0.25) is 9.59 Å². The van der Waals surface area contributed by atoms with Gasteiger partial charge in [-0.25, -0.2) is 9.37 Å². The fraction of sp³-hybridized carbons (Fsp3) is 0.312. The summed E-state index contributed by atoms with van der Waals surface area (Å²) in [6.45, 7) is 2.04. The molecule has 0 aliphatic rings. The van der Waals surface area contributed by atoms with E-state index in [1.165, 1.54) is 29.2 Å². The highest BCUT2D eigenvalue weighted by Crippen LogP contribution is 2.31. The zero-order valence-corrected chi connectivity index (χ0v) is 15.2. The first-order valence-corrected chi connectivity index (χ1v) is 9.31. The van der Waals surface area contributed by atoms with Crippen LogP contribution in [0.3, 0.4) is 0 Å². The fourth-order valence-corrected chi connectivity index (χ4v) is 3.76. The molecule has 0 atom stereocenters. The topological polar surface area (TPSA) is 94.3 Å². The lowest BCUT2D eigenvalue weighted by Gasteiger charge is -2.06. The average molecular weight is 383 g/mol. The quantitative estimate of drug-likeness (QED) is 0.513. The molecule has 0 radical (unpaired) electrons. The Balaban J connectivity index is 1.74. The summed E-state index contributed by atoms with van der Waals surface area (Å²) in [5, 5.41) is 3.19. The molecule has 0 aliphatic carbocycles. The van der Waals surface area contributed by atoms with E-state index in [1.54, 1.807) is 25.1 Å². The molecule has 0 fully saturated rings. The highest BCUT2D eigenvalue weighted by molar-refractivity contribution is 8.01. The summed E-state index contributed by atoms with van der Waals surface area (Å²) in [7, 11) is 0. The molecule has 2 rings (SSSR count). The summed E-state index contributed by atoms with van der Waals surface area (Å²) in [4.78, 5) is 27.0. The summed E-state index contributed by atoms with van der Waals surface area (Å²) in [6.07, 6.45) is 0.685. The van der Waals surface area contributed by atoms with E-state index in [2.05, 4.69) is 10.3 Å². The van der Waals surface area contributed by atoms with Crippen molar-refractivity contribution < 1.29 is 18.7 Å². The minimum absolute atomic E-state index is 0.170. The molecule has 0 aliphatic heterocycles. The van der Waals surface area contributed by atoms with E-state index < -0.39 is 11.7 Å². The van der Waals surface area contributed by atoms with Crippen LogP contribution in [-0.4, -0.2) is 29.2 Å². The maximum absolute atomic E-state index is 13.4. The molecule has 1 aromatic carbocycles. The van der Waals surface area contributed by atoms with Crippen molar-refractivity contribution in [1.29, 1.82) is 0 Å². The number of halogens is 1. The number of hydrogen-bond acceptors (Lipinski definition) is 6. The molecule has 2 aromatic rings. The molecule has 0 saturated heterocycles. The number of carbonyl (C=O) groups is 2. The summed E-state index contributed by atoms with van der Waals surface area (Å²) < 4.78 is 19.5. The van der Waals surface area contributed by atoms with Gasteiger partial charge in [0.15, 0.2) is 16.7 Å². The zero-order chi connectivity index (χ0) is 18.2. The third-order valence-electron chi connectivity index (χ3n) is 2.99. The summed E-state index contributed by atoms with van der Waals surface area (Å²) in [6, 6.07) is 6.13. The van der Waals surface area contributed by atoms with Gasteiger partial charge < -0.3 is 15.8 Å². The number of amides is 2. The monoisotopic (exact) mass is 383 g/mol. The van der Waals surface area contributed by atoms with Gasteiger partial charge in [-0.05, 0) is 25.5 Å². The second-order valence-corrected chi connectivity index (χ2v) is 7.32. The van der Waals surface area contributed by atoms with Crippen molar-refractivity contribution >= 4 is 40.0 Å². The van der Waals surface area contributed by atoms with Crippen molar-refractivity contribution in [3.63, 3.8) is 0 Å². The first kappa shape index (κ1) is 19.2. The summed E-state index contributed by atoms with van der Waals surface area (Å²) in [5.41, 5.74) is 5.86. The first-order chi connectivity index (χ1) is 12.0. The number of benzene rings is 1. The minimum Gasteiger partial charge on any atom is -0.491 e. The van der Waals surface area contributed by atoms with Crippen LogP contribution in [0.15, 0.2) is 28.5 Å². The Bertz CT molecular complexity index is 752. The second-order valence-electron chi connectivity index (χ2n) is 5.08. The number of carbonyl (C=O) groups excluding carboxylic acids is 2. The van der Waals surface area contributed by atoms with Gasteiger partial charge in [0.05, 0.1) is 22.3 Å². The third-order valence-corrected chi connectivity index (χ3v) is 5.45. The zero-order valence-electron chi connectivity index (χ0n) is 13.6. The van der Waals surface area contributed by atoms with Crippen molar-refractivity contribution in [3.8, 4) is 5.75 Å². The second kappa shape index (κ2) is 9.38. The lowest BCUT2D eigenvalue weighted by Crippen LogP contribution is -2.12. The molecule has 2 amide bonds. The number of nitrogens with two attached hydrogens (primary N) is 1. The molecular weight excluding hydrogens is 365 g/mol. The molecule has 1 aromatic heterocycles. The Morgan fingerprint density at radius 1 is 1.40 bits per heavy atom. The number of nitrogens with zero attached hydrogens (tertiary/aromatic N) is 1. The predicted molar refractivity (Wildman–Crippen MR) is 96.5 cm³/mol.